The summed E-state index contributed by atoms with van der Waals surface area (Å²) in [7, 11) is -3.47. The van der Waals surface area contributed by atoms with Gasteiger partial charge < -0.3 is 9.42 Å². The Hall–Kier alpha value is -0.630. The first kappa shape index (κ1) is 13.4. The van der Waals surface area contributed by atoms with Crippen LogP contribution >= 0.6 is 7.60 Å². The fourth-order valence-corrected chi connectivity index (χ4v) is 2.92. The molecule has 90 valence electrons. The van der Waals surface area contributed by atoms with Crippen LogP contribution < -0.4 is 0 Å². The van der Waals surface area contributed by atoms with Gasteiger partial charge in [-0.25, -0.2) is 0 Å². The Labute approximate surface area is 97.0 Å². The Kier molecular flexibility index (Phi) is 5.20. The van der Waals surface area contributed by atoms with Crippen LogP contribution in [-0.2, 0) is 21.7 Å². The quantitative estimate of drug-likeness (QED) is 0.778. The summed E-state index contributed by atoms with van der Waals surface area (Å²) in [5.74, 6) is 0. The Balaban J connectivity index is 2.83. The molecule has 1 N–H and O–H groups in total. The zero-order chi connectivity index (χ0) is 12.0. The predicted octanol–water partition coefficient (Wildman–Crippen LogP) is 3.36. The SMILES string of the molecule is CCCc1ccccc1CP(=O)(O)OCC. The summed E-state index contributed by atoms with van der Waals surface area (Å²) >= 11 is 0. The first-order chi connectivity index (χ1) is 7.59. The molecule has 0 aliphatic rings. The van der Waals surface area contributed by atoms with Crippen LogP contribution in [0, 0.1) is 0 Å². The van der Waals surface area contributed by atoms with E-state index in [1.165, 1.54) is 0 Å². The molecular formula is C12H19O3P. The lowest BCUT2D eigenvalue weighted by Crippen LogP contribution is -1.97. The summed E-state index contributed by atoms with van der Waals surface area (Å²) in [5.41, 5.74) is 2.06. The van der Waals surface area contributed by atoms with E-state index in [4.69, 9.17) is 4.52 Å². The van der Waals surface area contributed by atoms with E-state index in [-0.39, 0.29) is 12.8 Å². The summed E-state index contributed by atoms with van der Waals surface area (Å²) in [6.07, 6.45) is 2.07. The normalized spacial score (nSPS) is 14.7. The van der Waals surface area contributed by atoms with E-state index in [1.807, 2.05) is 24.3 Å². The summed E-state index contributed by atoms with van der Waals surface area (Å²) in [5, 5.41) is 0. The van der Waals surface area contributed by atoms with E-state index in [0.29, 0.717) is 0 Å². The maximum atomic E-state index is 11.7. The molecule has 3 nitrogen and oxygen atoms in total. The third kappa shape index (κ3) is 4.09. The van der Waals surface area contributed by atoms with Crippen LogP contribution in [0.3, 0.4) is 0 Å². The van der Waals surface area contributed by atoms with E-state index in [1.54, 1.807) is 6.92 Å². The van der Waals surface area contributed by atoms with Crippen LogP contribution in [0.25, 0.3) is 0 Å². The van der Waals surface area contributed by atoms with Crippen molar-refractivity contribution in [1.82, 2.24) is 0 Å². The molecule has 0 aliphatic heterocycles. The minimum atomic E-state index is -3.47. The molecule has 0 aliphatic carbocycles. The van der Waals surface area contributed by atoms with Crippen molar-refractivity contribution in [2.24, 2.45) is 0 Å². The minimum absolute atomic E-state index is 0.108. The molecule has 1 atom stereocenters. The van der Waals surface area contributed by atoms with Crippen LogP contribution in [0.4, 0.5) is 0 Å². The number of hydrogen-bond donors (Lipinski definition) is 1. The van der Waals surface area contributed by atoms with Crippen molar-refractivity contribution >= 4 is 7.60 Å². The van der Waals surface area contributed by atoms with Gasteiger partial charge in [-0.2, -0.15) is 0 Å². The molecule has 0 radical (unpaired) electrons. The molecule has 0 aromatic heterocycles. The van der Waals surface area contributed by atoms with Gasteiger partial charge in [0.05, 0.1) is 12.8 Å². The highest BCUT2D eigenvalue weighted by molar-refractivity contribution is 7.51. The van der Waals surface area contributed by atoms with Gasteiger partial charge in [-0.1, -0.05) is 37.6 Å². The van der Waals surface area contributed by atoms with Crippen molar-refractivity contribution in [2.75, 3.05) is 6.61 Å². The van der Waals surface area contributed by atoms with E-state index in [2.05, 4.69) is 6.92 Å². The minimum Gasteiger partial charge on any atom is -0.324 e. The van der Waals surface area contributed by atoms with Crippen LogP contribution in [0.15, 0.2) is 24.3 Å². The van der Waals surface area contributed by atoms with Crippen molar-refractivity contribution in [3.05, 3.63) is 35.4 Å². The third-order valence-electron chi connectivity index (χ3n) is 2.34. The zero-order valence-electron chi connectivity index (χ0n) is 9.85. The maximum absolute atomic E-state index is 11.7. The first-order valence-corrected chi connectivity index (χ1v) is 7.38. The molecule has 0 saturated carbocycles. The lowest BCUT2D eigenvalue weighted by atomic mass is 10.0. The number of aryl methyl sites for hydroxylation is 1. The van der Waals surface area contributed by atoms with Gasteiger partial charge in [0, 0.05) is 0 Å². The van der Waals surface area contributed by atoms with Gasteiger partial charge >= 0.3 is 7.60 Å². The molecule has 0 amide bonds. The number of benzene rings is 1. The molecule has 4 heteroatoms. The Morgan fingerprint density at radius 3 is 2.44 bits per heavy atom. The standard InChI is InChI=1S/C12H19O3P/c1-3-7-11-8-5-6-9-12(11)10-16(13,14)15-4-2/h5-6,8-9H,3-4,7,10H2,1-2H3,(H,13,14). The molecule has 1 unspecified atom stereocenters. The summed E-state index contributed by atoms with van der Waals surface area (Å²) in [4.78, 5) is 9.59. The summed E-state index contributed by atoms with van der Waals surface area (Å²) in [6, 6.07) is 7.75. The molecule has 1 aromatic carbocycles. The first-order valence-electron chi connectivity index (χ1n) is 5.62. The van der Waals surface area contributed by atoms with E-state index < -0.39 is 7.60 Å². The largest absolute Gasteiger partial charge is 0.332 e. The zero-order valence-corrected chi connectivity index (χ0v) is 10.7. The highest BCUT2D eigenvalue weighted by Gasteiger charge is 2.20. The fourth-order valence-electron chi connectivity index (χ4n) is 1.69. The Morgan fingerprint density at radius 1 is 1.25 bits per heavy atom. The topological polar surface area (TPSA) is 46.5 Å². The van der Waals surface area contributed by atoms with Gasteiger partial charge in [0.2, 0.25) is 0 Å². The third-order valence-corrected chi connectivity index (χ3v) is 3.74. The molecular weight excluding hydrogens is 223 g/mol. The van der Waals surface area contributed by atoms with Crippen molar-refractivity contribution < 1.29 is 14.0 Å². The molecule has 0 heterocycles. The van der Waals surface area contributed by atoms with Crippen LogP contribution in [0.5, 0.6) is 0 Å². The lowest BCUT2D eigenvalue weighted by molar-refractivity contribution is 0.272. The van der Waals surface area contributed by atoms with Crippen LogP contribution in [0.1, 0.15) is 31.4 Å². The summed E-state index contributed by atoms with van der Waals surface area (Å²) < 4.78 is 16.6. The maximum Gasteiger partial charge on any atom is 0.332 e. The second-order valence-electron chi connectivity index (χ2n) is 3.73. The average Bonchev–Trinajstić information content (AvgIpc) is 2.20. The molecule has 0 spiro atoms. The average molecular weight is 242 g/mol. The fraction of sp³-hybridized carbons (Fsp3) is 0.500. The van der Waals surface area contributed by atoms with Gasteiger partial charge in [0.25, 0.3) is 0 Å². The molecule has 0 fully saturated rings. The van der Waals surface area contributed by atoms with Gasteiger partial charge in [0.15, 0.2) is 0 Å². The van der Waals surface area contributed by atoms with Gasteiger partial charge in [-0.05, 0) is 24.5 Å². The highest BCUT2D eigenvalue weighted by Crippen LogP contribution is 2.46. The van der Waals surface area contributed by atoms with E-state index >= 15 is 0 Å². The lowest BCUT2D eigenvalue weighted by Gasteiger charge is -2.13. The highest BCUT2D eigenvalue weighted by atomic mass is 31.2. The van der Waals surface area contributed by atoms with Gasteiger partial charge in [0.1, 0.15) is 0 Å². The predicted molar refractivity (Wildman–Crippen MR) is 65.6 cm³/mol. The monoisotopic (exact) mass is 242 g/mol. The molecule has 0 saturated heterocycles. The number of rotatable bonds is 6. The second-order valence-corrected chi connectivity index (χ2v) is 5.58. The van der Waals surface area contributed by atoms with Crippen LogP contribution in [-0.4, -0.2) is 11.5 Å². The van der Waals surface area contributed by atoms with Crippen LogP contribution in [0.2, 0.25) is 0 Å². The van der Waals surface area contributed by atoms with Gasteiger partial charge in [-0.15, -0.1) is 0 Å². The molecule has 0 bridgehead atoms. The van der Waals surface area contributed by atoms with Crippen molar-refractivity contribution in [1.29, 1.82) is 0 Å². The smallest absolute Gasteiger partial charge is 0.324 e. The van der Waals surface area contributed by atoms with Gasteiger partial charge in [-0.3, -0.25) is 4.57 Å². The van der Waals surface area contributed by atoms with Crippen molar-refractivity contribution in [3.8, 4) is 0 Å². The van der Waals surface area contributed by atoms with Crippen molar-refractivity contribution in [2.45, 2.75) is 32.9 Å². The molecule has 1 rings (SSSR count). The van der Waals surface area contributed by atoms with E-state index in [0.717, 1.165) is 24.0 Å². The van der Waals surface area contributed by atoms with Crippen molar-refractivity contribution in [3.63, 3.8) is 0 Å². The Bertz CT molecular complexity index is 376. The number of hydrogen-bond acceptors (Lipinski definition) is 2. The molecule has 16 heavy (non-hydrogen) atoms. The van der Waals surface area contributed by atoms with E-state index in [9.17, 15) is 9.46 Å². The second kappa shape index (κ2) is 6.19. The Morgan fingerprint density at radius 2 is 1.88 bits per heavy atom. The summed E-state index contributed by atoms with van der Waals surface area (Å²) in [6.45, 7) is 4.09. The molecule has 1 aromatic rings.